The fraction of sp³-hybridized carbons (Fsp3) is 0.333. The summed E-state index contributed by atoms with van der Waals surface area (Å²) in [6.45, 7) is 1.74. The number of aliphatic hydroxyl groups is 1. The highest BCUT2D eigenvalue weighted by Gasteiger charge is 2.49. The van der Waals surface area contributed by atoms with E-state index in [0.717, 1.165) is 37.7 Å². The number of carbonyl (C=O) groups excluding carboxylic acids is 2. The number of amides is 1. The highest BCUT2D eigenvalue weighted by Crippen LogP contribution is 2.41. The normalized spacial score (nSPS) is 20.4. The van der Waals surface area contributed by atoms with E-state index in [9.17, 15) is 14.7 Å². The van der Waals surface area contributed by atoms with Crippen LogP contribution in [0, 0.1) is 12.8 Å². The van der Waals surface area contributed by atoms with Gasteiger partial charge >= 0.3 is 0 Å². The largest absolute Gasteiger partial charge is 0.507 e. The van der Waals surface area contributed by atoms with Crippen LogP contribution in [0.5, 0.6) is 5.75 Å². The fourth-order valence-electron chi connectivity index (χ4n) is 5.12. The Hall–Kier alpha value is -3.94. The molecule has 0 bridgehead atoms. The van der Waals surface area contributed by atoms with Crippen molar-refractivity contribution < 1.29 is 24.0 Å². The summed E-state index contributed by atoms with van der Waals surface area (Å²) in [5.74, 6) is 0.199. The average molecular weight is 474 g/mol. The van der Waals surface area contributed by atoms with Gasteiger partial charge in [-0.25, -0.2) is 0 Å². The van der Waals surface area contributed by atoms with Crippen molar-refractivity contribution in [3.63, 3.8) is 0 Å². The SMILES string of the molecule is COc1ccc(C(O)=C2C(=O)C(=O)N(c3ccc(-c4nc(C)no4)cc3)C2C2CCCCC2)cc1. The number of rotatable bonds is 5. The molecule has 0 spiro atoms. The summed E-state index contributed by atoms with van der Waals surface area (Å²) in [7, 11) is 1.56. The average Bonchev–Trinajstić information content (AvgIpc) is 3.45. The van der Waals surface area contributed by atoms with Crippen LogP contribution in [0.15, 0.2) is 58.6 Å². The lowest BCUT2D eigenvalue weighted by atomic mass is 9.80. The molecule has 1 saturated heterocycles. The number of Topliss-reactive ketones (excluding diaryl/α,β-unsaturated/α-hetero) is 1. The Morgan fingerprint density at radius 2 is 1.71 bits per heavy atom. The van der Waals surface area contributed by atoms with Crippen LogP contribution in [-0.2, 0) is 9.59 Å². The number of hydrogen-bond donors (Lipinski definition) is 1. The molecule has 1 aliphatic carbocycles. The lowest BCUT2D eigenvalue weighted by molar-refractivity contribution is -0.132. The van der Waals surface area contributed by atoms with Crippen LogP contribution in [0.1, 0.15) is 43.5 Å². The van der Waals surface area contributed by atoms with Gasteiger partial charge in [-0.1, -0.05) is 24.4 Å². The van der Waals surface area contributed by atoms with Crippen molar-refractivity contribution in [3.05, 3.63) is 65.5 Å². The topological polar surface area (TPSA) is 106 Å². The molecule has 3 aromatic rings. The van der Waals surface area contributed by atoms with E-state index in [1.165, 1.54) is 0 Å². The van der Waals surface area contributed by atoms with E-state index in [-0.39, 0.29) is 17.3 Å². The predicted molar refractivity (Wildman–Crippen MR) is 130 cm³/mol. The standard InChI is InChI=1S/C27H27N3O5/c1-16-28-26(35-29-16)19-8-12-20(13-9-19)30-23(17-6-4-3-5-7-17)22(25(32)27(30)33)24(31)18-10-14-21(34-2)15-11-18/h8-15,17,23,31H,3-7H2,1-2H3. The van der Waals surface area contributed by atoms with Gasteiger partial charge in [-0.15, -0.1) is 0 Å². The van der Waals surface area contributed by atoms with Crippen molar-refractivity contribution in [1.29, 1.82) is 0 Å². The second kappa shape index (κ2) is 9.37. The number of anilines is 1. The highest BCUT2D eigenvalue weighted by atomic mass is 16.5. The quantitative estimate of drug-likeness (QED) is 0.320. The molecule has 8 heteroatoms. The number of aliphatic hydroxyl groups excluding tert-OH is 1. The number of ketones is 1. The molecule has 2 fully saturated rings. The Labute approximate surface area is 203 Å². The molecule has 1 atom stereocenters. The van der Waals surface area contributed by atoms with E-state index >= 15 is 0 Å². The molecule has 180 valence electrons. The number of ether oxygens (including phenoxy) is 1. The maximum absolute atomic E-state index is 13.3. The van der Waals surface area contributed by atoms with Gasteiger partial charge in [0.05, 0.1) is 18.7 Å². The van der Waals surface area contributed by atoms with Crippen LogP contribution in [-0.4, -0.2) is 40.1 Å². The molecule has 1 aliphatic heterocycles. The molecule has 35 heavy (non-hydrogen) atoms. The first-order valence-corrected chi connectivity index (χ1v) is 11.8. The third-order valence-corrected chi connectivity index (χ3v) is 6.87. The van der Waals surface area contributed by atoms with Crippen LogP contribution < -0.4 is 9.64 Å². The second-order valence-electron chi connectivity index (χ2n) is 9.03. The molecule has 1 saturated carbocycles. The molecular formula is C27H27N3O5. The lowest BCUT2D eigenvalue weighted by Crippen LogP contribution is -2.40. The van der Waals surface area contributed by atoms with E-state index in [0.29, 0.717) is 28.7 Å². The Kier molecular flexibility index (Phi) is 6.11. The highest BCUT2D eigenvalue weighted by molar-refractivity contribution is 6.51. The van der Waals surface area contributed by atoms with Gasteiger partial charge in [0, 0.05) is 16.8 Å². The predicted octanol–water partition coefficient (Wildman–Crippen LogP) is 4.89. The van der Waals surface area contributed by atoms with Gasteiger partial charge in [-0.05, 0) is 74.2 Å². The summed E-state index contributed by atoms with van der Waals surface area (Å²) in [6.07, 6.45) is 4.97. The van der Waals surface area contributed by atoms with Crippen LogP contribution >= 0.6 is 0 Å². The smallest absolute Gasteiger partial charge is 0.299 e. The van der Waals surface area contributed by atoms with E-state index in [1.807, 2.05) is 0 Å². The first kappa shape index (κ1) is 22.8. The Bertz CT molecular complexity index is 1270. The minimum absolute atomic E-state index is 0.0767. The third-order valence-electron chi connectivity index (χ3n) is 6.87. The van der Waals surface area contributed by atoms with Crippen molar-refractivity contribution >= 4 is 23.1 Å². The molecule has 5 rings (SSSR count). The van der Waals surface area contributed by atoms with Gasteiger partial charge in [0.15, 0.2) is 5.82 Å². The summed E-state index contributed by atoms with van der Waals surface area (Å²) < 4.78 is 10.4. The van der Waals surface area contributed by atoms with Crippen LogP contribution in [0.25, 0.3) is 17.2 Å². The third kappa shape index (κ3) is 4.20. The zero-order valence-electron chi connectivity index (χ0n) is 19.7. The first-order chi connectivity index (χ1) is 17.0. The summed E-state index contributed by atoms with van der Waals surface area (Å²) in [4.78, 5) is 32.4. The number of nitrogens with zero attached hydrogens (tertiary/aromatic N) is 3. The van der Waals surface area contributed by atoms with Crippen molar-refractivity contribution in [2.45, 2.75) is 45.1 Å². The van der Waals surface area contributed by atoms with Gasteiger partial charge in [0.2, 0.25) is 0 Å². The number of carbonyl (C=O) groups is 2. The molecular weight excluding hydrogens is 446 g/mol. The van der Waals surface area contributed by atoms with Crippen molar-refractivity contribution in [1.82, 2.24) is 10.1 Å². The van der Waals surface area contributed by atoms with Crippen LogP contribution in [0.4, 0.5) is 5.69 Å². The molecule has 2 aliphatic rings. The zero-order valence-corrected chi connectivity index (χ0v) is 19.7. The summed E-state index contributed by atoms with van der Waals surface area (Å²) in [5, 5.41) is 15.1. The molecule has 1 N–H and O–H groups in total. The second-order valence-corrected chi connectivity index (χ2v) is 9.03. The molecule has 2 heterocycles. The Morgan fingerprint density at radius 3 is 2.31 bits per heavy atom. The van der Waals surface area contributed by atoms with E-state index in [4.69, 9.17) is 9.26 Å². The number of aromatic nitrogens is 2. The van der Waals surface area contributed by atoms with Gasteiger partial charge in [0.1, 0.15) is 11.5 Å². The molecule has 1 amide bonds. The van der Waals surface area contributed by atoms with E-state index in [1.54, 1.807) is 67.5 Å². The molecule has 1 unspecified atom stereocenters. The Balaban J connectivity index is 1.57. The number of aryl methyl sites for hydroxylation is 1. The maximum atomic E-state index is 13.3. The fourth-order valence-corrected chi connectivity index (χ4v) is 5.12. The van der Waals surface area contributed by atoms with Gasteiger partial charge < -0.3 is 14.4 Å². The number of methoxy groups -OCH3 is 1. The number of benzene rings is 2. The van der Waals surface area contributed by atoms with Crippen LogP contribution in [0.3, 0.4) is 0 Å². The Morgan fingerprint density at radius 1 is 1.03 bits per heavy atom. The molecule has 0 radical (unpaired) electrons. The summed E-state index contributed by atoms with van der Waals surface area (Å²) in [6, 6.07) is 13.5. The maximum Gasteiger partial charge on any atom is 0.299 e. The van der Waals surface area contributed by atoms with Crippen molar-refractivity contribution in [3.8, 4) is 17.2 Å². The van der Waals surface area contributed by atoms with Crippen molar-refractivity contribution in [2.24, 2.45) is 5.92 Å². The van der Waals surface area contributed by atoms with E-state index < -0.39 is 17.7 Å². The molecule has 1 aromatic heterocycles. The number of hydrogen-bond acceptors (Lipinski definition) is 7. The summed E-state index contributed by atoms with van der Waals surface area (Å²) in [5.41, 5.74) is 1.96. The first-order valence-electron chi connectivity index (χ1n) is 11.8. The van der Waals surface area contributed by atoms with Crippen LogP contribution in [0.2, 0.25) is 0 Å². The van der Waals surface area contributed by atoms with Gasteiger partial charge in [-0.3, -0.25) is 14.5 Å². The lowest BCUT2D eigenvalue weighted by Gasteiger charge is -2.34. The minimum atomic E-state index is -0.662. The molecule has 2 aromatic carbocycles. The molecule has 8 nitrogen and oxygen atoms in total. The minimum Gasteiger partial charge on any atom is -0.507 e. The van der Waals surface area contributed by atoms with Crippen molar-refractivity contribution in [2.75, 3.05) is 12.0 Å². The monoisotopic (exact) mass is 473 g/mol. The summed E-state index contributed by atoms with van der Waals surface area (Å²) >= 11 is 0. The van der Waals surface area contributed by atoms with Gasteiger partial charge in [0.25, 0.3) is 17.6 Å². The van der Waals surface area contributed by atoms with E-state index in [2.05, 4.69) is 10.1 Å². The van der Waals surface area contributed by atoms with Gasteiger partial charge in [-0.2, -0.15) is 4.98 Å². The zero-order chi connectivity index (χ0) is 24.5.